The minimum Gasteiger partial charge on any atom is -0.303 e. The zero-order chi connectivity index (χ0) is 22.1. The second kappa shape index (κ2) is 11.7. The van der Waals surface area contributed by atoms with Crippen LogP contribution < -0.4 is 0 Å². The SMILES string of the molecule is CCCN(CCCc1ccc(C2CCCCC2C(F)(F)F)cc1)CCc1ccccc1. The van der Waals surface area contributed by atoms with E-state index in [-0.39, 0.29) is 12.3 Å². The summed E-state index contributed by atoms with van der Waals surface area (Å²) in [6.07, 6.45) is 2.67. The van der Waals surface area contributed by atoms with Gasteiger partial charge in [0.2, 0.25) is 0 Å². The number of nitrogens with zero attached hydrogens (tertiary/aromatic N) is 1. The largest absolute Gasteiger partial charge is 0.392 e. The zero-order valence-electron chi connectivity index (χ0n) is 18.7. The van der Waals surface area contributed by atoms with E-state index in [2.05, 4.69) is 42.2 Å². The lowest BCUT2D eigenvalue weighted by atomic mass is 9.75. The van der Waals surface area contributed by atoms with Gasteiger partial charge in [0.15, 0.2) is 0 Å². The number of halogens is 3. The standard InChI is InChI=1S/C27H36F3N/c1-2-19-31(21-18-22-9-4-3-5-10-22)20-8-11-23-14-16-24(17-15-23)25-12-6-7-13-26(25)27(28,29)30/h3-5,9-10,14-17,25-26H,2,6-8,11-13,18-21H2,1H3. The predicted molar refractivity (Wildman–Crippen MR) is 122 cm³/mol. The Balaban J connectivity index is 1.49. The van der Waals surface area contributed by atoms with E-state index in [0.717, 1.165) is 57.3 Å². The maximum Gasteiger partial charge on any atom is 0.392 e. The van der Waals surface area contributed by atoms with Crippen LogP contribution in [-0.2, 0) is 12.8 Å². The average Bonchev–Trinajstić information content (AvgIpc) is 2.78. The van der Waals surface area contributed by atoms with Gasteiger partial charge in [-0.1, -0.05) is 74.4 Å². The summed E-state index contributed by atoms with van der Waals surface area (Å²) in [6, 6.07) is 18.6. The van der Waals surface area contributed by atoms with Crippen molar-refractivity contribution < 1.29 is 13.2 Å². The van der Waals surface area contributed by atoms with Gasteiger partial charge in [-0.2, -0.15) is 13.2 Å². The van der Waals surface area contributed by atoms with Crippen LogP contribution in [0.5, 0.6) is 0 Å². The third-order valence-corrected chi connectivity index (χ3v) is 6.63. The highest BCUT2D eigenvalue weighted by Gasteiger charge is 2.45. The fraction of sp³-hybridized carbons (Fsp3) is 0.556. The molecule has 0 bridgehead atoms. The lowest BCUT2D eigenvalue weighted by molar-refractivity contribution is -0.187. The first-order chi connectivity index (χ1) is 15.0. The van der Waals surface area contributed by atoms with Crippen molar-refractivity contribution in [3.05, 3.63) is 71.3 Å². The van der Waals surface area contributed by atoms with Crippen LogP contribution in [0.4, 0.5) is 13.2 Å². The van der Waals surface area contributed by atoms with Crippen LogP contribution in [0, 0.1) is 5.92 Å². The van der Waals surface area contributed by atoms with Crippen molar-refractivity contribution in [1.29, 1.82) is 0 Å². The zero-order valence-corrected chi connectivity index (χ0v) is 18.7. The van der Waals surface area contributed by atoms with Crippen molar-refractivity contribution in [2.45, 2.75) is 70.4 Å². The summed E-state index contributed by atoms with van der Waals surface area (Å²) >= 11 is 0. The topological polar surface area (TPSA) is 3.24 Å². The molecular formula is C27H36F3N. The van der Waals surface area contributed by atoms with E-state index in [1.807, 2.05) is 24.3 Å². The molecule has 31 heavy (non-hydrogen) atoms. The van der Waals surface area contributed by atoms with Crippen molar-refractivity contribution in [3.63, 3.8) is 0 Å². The molecule has 170 valence electrons. The van der Waals surface area contributed by atoms with Gasteiger partial charge in [-0.15, -0.1) is 0 Å². The molecule has 2 aromatic rings. The number of hydrogen-bond donors (Lipinski definition) is 0. The Morgan fingerprint density at radius 2 is 1.48 bits per heavy atom. The molecule has 4 heteroatoms. The molecule has 0 saturated heterocycles. The van der Waals surface area contributed by atoms with Gasteiger partial charge in [0.05, 0.1) is 5.92 Å². The number of hydrogen-bond acceptors (Lipinski definition) is 1. The quantitative estimate of drug-likeness (QED) is 0.378. The number of aryl methyl sites for hydroxylation is 1. The van der Waals surface area contributed by atoms with Crippen LogP contribution in [-0.4, -0.2) is 30.7 Å². The fourth-order valence-electron chi connectivity index (χ4n) is 4.94. The van der Waals surface area contributed by atoms with E-state index in [1.165, 1.54) is 11.1 Å². The predicted octanol–water partition coefficient (Wildman–Crippen LogP) is 7.41. The summed E-state index contributed by atoms with van der Waals surface area (Å²) in [6.45, 7) is 5.44. The molecule has 1 fully saturated rings. The van der Waals surface area contributed by atoms with Gasteiger partial charge in [-0.05, 0) is 74.2 Å². The van der Waals surface area contributed by atoms with Crippen LogP contribution in [0.2, 0.25) is 0 Å². The molecule has 2 atom stereocenters. The van der Waals surface area contributed by atoms with Crippen molar-refractivity contribution in [2.75, 3.05) is 19.6 Å². The lowest BCUT2D eigenvalue weighted by Gasteiger charge is -2.33. The molecule has 1 saturated carbocycles. The molecule has 0 radical (unpaired) electrons. The van der Waals surface area contributed by atoms with Crippen molar-refractivity contribution in [3.8, 4) is 0 Å². The molecule has 0 amide bonds. The highest BCUT2D eigenvalue weighted by molar-refractivity contribution is 5.27. The van der Waals surface area contributed by atoms with Gasteiger partial charge < -0.3 is 4.90 Å². The first kappa shape index (κ1) is 23.8. The van der Waals surface area contributed by atoms with E-state index < -0.39 is 12.1 Å². The second-order valence-electron chi connectivity index (χ2n) is 8.96. The summed E-state index contributed by atoms with van der Waals surface area (Å²) in [4.78, 5) is 2.53. The van der Waals surface area contributed by atoms with Crippen LogP contribution in [0.25, 0.3) is 0 Å². The highest BCUT2D eigenvalue weighted by Crippen LogP contribution is 2.46. The Labute approximate surface area is 185 Å². The first-order valence-corrected chi connectivity index (χ1v) is 11.9. The smallest absolute Gasteiger partial charge is 0.303 e. The van der Waals surface area contributed by atoms with E-state index in [4.69, 9.17) is 0 Å². The Morgan fingerprint density at radius 3 is 2.16 bits per heavy atom. The van der Waals surface area contributed by atoms with Gasteiger partial charge in [-0.25, -0.2) is 0 Å². The van der Waals surface area contributed by atoms with Gasteiger partial charge >= 0.3 is 6.18 Å². The fourth-order valence-corrected chi connectivity index (χ4v) is 4.94. The Hall–Kier alpha value is -1.81. The normalized spacial score (nSPS) is 19.6. The van der Waals surface area contributed by atoms with Gasteiger partial charge in [0.1, 0.15) is 0 Å². The molecule has 1 aliphatic rings. The Morgan fingerprint density at radius 1 is 0.806 bits per heavy atom. The minimum absolute atomic E-state index is 0.270. The molecule has 0 N–H and O–H groups in total. The molecule has 1 nitrogen and oxygen atoms in total. The van der Waals surface area contributed by atoms with E-state index in [9.17, 15) is 13.2 Å². The molecule has 2 aromatic carbocycles. The van der Waals surface area contributed by atoms with Crippen LogP contribution in [0.1, 0.15) is 68.1 Å². The van der Waals surface area contributed by atoms with Crippen LogP contribution >= 0.6 is 0 Å². The monoisotopic (exact) mass is 431 g/mol. The average molecular weight is 432 g/mol. The number of rotatable bonds is 10. The summed E-state index contributed by atoms with van der Waals surface area (Å²) in [5, 5.41) is 0. The molecule has 0 aromatic heterocycles. The molecule has 0 spiro atoms. The van der Waals surface area contributed by atoms with E-state index in [0.29, 0.717) is 12.8 Å². The van der Waals surface area contributed by atoms with Crippen molar-refractivity contribution in [2.24, 2.45) is 5.92 Å². The molecule has 0 aliphatic heterocycles. The van der Waals surface area contributed by atoms with E-state index in [1.54, 1.807) is 0 Å². The summed E-state index contributed by atoms with van der Waals surface area (Å²) in [5.41, 5.74) is 3.46. The molecule has 2 unspecified atom stereocenters. The van der Waals surface area contributed by atoms with Gasteiger partial charge in [0.25, 0.3) is 0 Å². The number of benzene rings is 2. The maximum absolute atomic E-state index is 13.4. The molecule has 1 aliphatic carbocycles. The van der Waals surface area contributed by atoms with Gasteiger partial charge in [0, 0.05) is 6.54 Å². The molecule has 0 heterocycles. The van der Waals surface area contributed by atoms with Crippen LogP contribution in [0.3, 0.4) is 0 Å². The summed E-state index contributed by atoms with van der Waals surface area (Å²) in [7, 11) is 0. The molecule has 3 rings (SSSR count). The van der Waals surface area contributed by atoms with E-state index >= 15 is 0 Å². The summed E-state index contributed by atoms with van der Waals surface area (Å²) < 4.78 is 40.3. The number of alkyl halides is 3. The third-order valence-electron chi connectivity index (χ3n) is 6.63. The summed E-state index contributed by atoms with van der Waals surface area (Å²) in [5.74, 6) is -1.56. The van der Waals surface area contributed by atoms with Crippen LogP contribution in [0.15, 0.2) is 54.6 Å². The van der Waals surface area contributed by atoms with Gasteiger partial charge in [-0.3, -0.25) is 0 Å². The Bertz CT molecular complexity index is 754. The highest BCUT2D eigenvalue weighted by atomic mass is 19.4. The second-order valence-corrected chi connectivity index (χ2v) is 8.96. The first-order valence-electron chi connectivity index (χ1n) is 11.9. The minimum atomic E-state index is -4.09. The Kier molecular flexibility index (Phi) is 9.01. The molecular weight excluding hydrogens is 395 g/mol. The van der Waals surface area contributed by atoms with Crippen molar-refractivity contribution in [1.82, 2.24) is 4.90 Å². The lowest BCUT2D eigenvalue weighted by Crippen LogP contribution is -2.31. The third kappa shape index (κ3) is 7.38. The maximum atomic E-state index is 13.4. The van der Waals surface area contributed by atoms with Crippen molar-refractivity contribution >= 4 is 0 Å².